The first-order valence-corrected chi connectivity index (χ1v) is 9.20. The van der Waals surface area contributed by atoms with Gasteiger partial charge in [0.25, 0.3) is 0 Å². The van der Waals surface area contributed by atoms with Gasteiger partial charge < -0.3 is 20.1 Å². The topological polar surface area (TPSA) is 79.6 Å². The van der Waals surface area contributed by atoms with Crippen LogP contribution in [0.3, 0.4) is 0 Å². The molecule has 2 amide bonds. The van der Waals surface area contributed by atoms with E-state index in [1.165, 1.54) is 0 Å². The average Bonchev–Trinajstić information content (AvgIpc) is 3.09. The summed E-state index contributed by atoms with van der Waals surface area (Å²) in [5.41, 5.74) is 0.905. The number of carbonyl (C=O) groups is 1. The van der Waals surface area contributed by atoms with Gasteiger partial charge in [0.15, 0.2) is 0 Å². The van der Waals surface area contributed by atoms with Crippen LogP contribution in [0.4, 0.5) is 4.79 Å². The summed E-state index contributed by atoms with van der Waals surface area (Å²) < 4.78 is 7.65. The summed E-state index contributed by atoms with van der Waals surface area (Å²) in [4.78, 5) is 14.7. The average molecular weight is 356 g/mol. The fraction of sp³-hybridized carbons (Fsp3) is 0.474. The number of nitrogens with zero attached hydrogens (tertiary/aromatic N) is 3. The van der Waals surface area contributed by atoms with Crippen LogP contribution < -0.4 is 10.1 Å². The lowest BCUT2D eigenvalue weighted by Gasteiger charge is -2.34. The van der Waals surface area contributed by atoms with E-state index in [2.05, 4.69) is 10.4 Å². The van der Waals surface area contributed by atoms with Gasteiger partial charge in [0, 0.05) is 24.0 Å². The van der Waals surface area contributed by atoms with Crippen molar-refractivity contribution in [2.24, 2.45) is 0 Å². The Kier molecular flexibility index (Phi) is 4.69. The van der Waals surface area contributed by atoms with Crippen molar-refractivity contribution in [1.29, 1.82) is 0 Å². The lowest BCUT2D eigenvalue weighted by Crippen LogP contribution is -2.49. The summed E-state index contributed by atoms with van der Waals surface area (Å²) in [5, 5.41) is 17.2. The quantitative estimate of drug-likeness (QED) is 0.867. The van der Waals surface area contributed by atoms with Crippen molar-refractivity contribution in [3.63, 3.8) is 0 Å². The van der Waals surface area contributed by atoms with Gasteiger partial charge in [0.2, 0.25) is 0 Å². The highest BCUT2D eigenvalue weighted by atomic mass is 16.5. The van der Waals surface area contributed by atoms with Gasteiger partial charge in [-0.2, -0.15) is 5.10 Å². The standard InChI is InChI=1S/C19H24N4O3/c24-15-7-6-14-13-22(10-11-26-18(14)12-15)19(25)21-16-4-1-2-5-17(16)23-9-3-8-20-23/h3,6-9,12,16-17,24H,1-2,4-5,10-11,13H2,(H,21,25). The van der Waals surface area contributed by atoms with Crippen molar-refractivity contribution in [1.82, 2.24) is 20.0 Å². The molecule has 2 atom stereocenters. The zero-order valence-electron chi connectivity index (χ0n) is 14.7. The van der Waals surface area contributed by atoms with Crippen LogP contribution in [0, 0.1) is 0 Å². The first-order chi connectivity index (χ1) is 12.7. The van der Waals surface area contributed by atoms with Crippen LogP contribution in [-0.2, 0) is 6.54 Å². The normalized spacial score (nSPS) is 22.8. The molecule has 2 aliphatic rings. The van der Waals surface area contributed by atoms with E-state index in [4.69, 9.17) is 4.74 Å². The summed E-state index contributed by atoms with van der Waals surface area (Å²) in [6.07, 6.45) is 8.02. The number of carbonyl (C=O) groups excluding carboxylic acids is 1. The first-order valence-electron chi connectivity index (χ1n) is 9.20. The van der Waals surface area contributed by atoms with Gasteiger partial charge in [-0.05, 0) is 31.0 Å². The minimum atomic E-state index is -0.0708. The van der Waals surface area contributed by atoms with Crippen molar-refractivity contribution >= 4 is 6.03 Å². The molecule has 1 aliphatic heterocycles. The lowest BCUT2D eigenvalue weighted by molar-refractivity contribution is 0.170. The highest BCUT2D eigenvalue weighted by Gasteiger charge is 2.30. The fourth-order valence-corrected chi connectivity index (χ4v) is 3.86. The van der Waals surface area contributed by atoms with Crippen molar-refractivity contribution in [2.45, 2.75) is 44.3 Å². The fourth-order valence-electron chi connectivity index (χ4n) is 3.86. The van der Waals surface area contributed by atoms with Gasteiger partial charge in [-0.25, -0.2) is 4.79 Å². The molecule has 1 aromatic heterocycles. The molecule has 2 aromatic rings. The third-order valence-electron chi connectivity index (χ3n) is 5.22. The minimum Gasteiger partial charge on any atom is -0.508 e. The minimum absolute atomic E-state index is 0.0708. The number of amides is 2. The van der Waals surface area contributed by atoms with Gasteiger partial charge >= 0.3 is 6.03 Å². The number of aromatic nitrogens is 2. The Labute approximate surface area is 152 Å². The van der Waals surface area contributed by atoms with E-state index in [-0.39, 0.29) is 23.9 Å². The molecular formula is C19H24N4O3. The number of hydrogen-bond donors (Lipinski definition) is 2. The van der Waals surface area contributed by atoms with Crippen LogP contribution in [-0.4, -0.2) is 45.0 Å². The van der Waals surface area contributed by atoms with Gasteiger partial charge in [-0.3, -0.25) is 4.68 Å². The molecule has 2 N–H and O–H groups in total. The number of phenolic OH excluding ortho intramolecular Hbond substituents is 1. The zero-order chi connectivity index (χ0) is 17.9. The second-order valence-electron chi connectivity index (χ2n) is 6.96. The Morgan fingerprint density at radius 3 is 3.04 bits per heavy atom. The number of hydrogen-bond acceptors (Lipinski definition) is 4. The number of ether oxygens (including phenoxy) is 1. The SMILES string of the molecule is O=C(NC1CCCCC1n1cccn1)N1CCOc2cc(O)ccc2C1. The van der Waals surface area contributed by atoms with E-state index >= 15 is 0 Å². The number of benzene rings is 1. The number of phenols is 1. The smallest absolute Gasteiger partial charge is 0.318 e. The van der Waals surface area contributed by atoms with Crippen LogP contribution in [0.5, 0.6) is 11.5 Å². The highest BCUT2D eigenvalue weighted by molar-refractivity contribution is 5.75. The number of fused-ring (bicyclic) bond motifs is 1. The molecule has 0 radical (unpaired) electrons. The summed E-state index contributed by atoms with van der Waals surface area (Å²) in [6.45, 7) is 1.40. The molecule has 0 bridgehead atoms. The number of aromatic hydroxyl groups is 1. The number of nitrogens with one attached hydrogen (secondary N) is 1. The lowest BCUT2D eigenvalue weighted by atomic mass is 9.90. The Bertz CT molecular complexity index is 762. The maximum Gasteiger partial charge on any atom is 0.318 e. The van der Waals surface area contributed by atoms with Crippen molar-refractivity contribution in [3.8, 4) is 11.5 Å². The van der Waals surface area contributed by atoms with E-state index in [9.17, 15) is 9.90 Å². The van der Waals surface area contributed by atoms with Gasteiger partial charge in [0.1, 0.15) is 18.1 Å². The highest BCUT2D eigenvalue weighted by Crippen LogP contribution is 2.29. The van der Waals surface area contributed by atoms with E-state index in [1.807, 2.05) is 23.0 Å². The third-order valence-corrected chi connectivity index (χ3v) is 5.22. The van der Waals surface area contributed by atoms with E-state index in [1.54, 1.807) is 23.2 Å². The molecule has 1 aromatic carbocycles. The predicted molar refractivity (Wildman–Crippen MR) is 96.1 cm³/mol. The molecule has 7 nitrogen and oxygen atoms in total. The largest absolute Gasteiger partial charge is 0.508 e. The molecular weight excluding hydrogens is 332 g/mol. The molecule has 1 saturated carbocycles. The van der Waals surface area contributed by atoms with Crippen molar-refractivity contribution < 1.29 is 14.6 Å². The molecule has 0 spiro atoms. The molecule has 7 heteroatoms. The Balaban J connectivity index is 1.46. The molecule has 2 unspecified atom stereocenters. The summed E-state index contributed by atoms with van der Waals surface area (Å²) in [5.74, 6) is 0.818. The monoisotopic (exact) mass is 356 g/mol. The van der Waals surface area contributed by atoms with E-state index in [0.717, 1.165) is 31.2 Å². The molecule has 4 rings (SSSR count). The van der Waals surface area contributed by atoms with Crippen LogP contribution in [0.1, 0.15) is 37.3 Å². The van der Waals surface area contributed by atoms with Gasteiger partial charge in [-0.15, -0.1) is 0 Å². The van der Waals surface area contributed by atoms with E-state index in [0.29, 0.717) is 25.4 Å². The predicted octanol–water partition coefficient (Wildman–Crippen LogP) is 2.68. The van der Waals surface area contributed by atoms with Crippen LogP contribution in [0.2, 0.25) is 0 Å². The Morgan fingerprint density at radius 1 is 1.31 bits per heavy atom. The van der Waals surface area contributed by atoms with Crippen LogP contribution in [0.25, 0.3) is 0 Å². The molecule has 2 heterocycles. The van der Waals surface area contributed by atoms with Crippen molar-refractivity contribution in [3.05, 3.63) is 42.2 Å². The third kappa shape index (κ3) is 3.47. The maximum atomic E-state index is 12.9. The molecule has 26 heavy (non-hydrogen) atoms. The van der Waals surface area contributed by atoms with E-state index < -0.39 is 0 Å². The second kappa shape index (κ2) is 7.27. The summed E-state index contributed by atoms with van der Waals surface area (Å²) in [6, 6.07) is 7.17. The maximum absolute atomic E-state index is 12.9. The zero-order valence-corrected chi connectivity index (χ0v) is 14.7. The molecule has 138 valence electrons. The Hall–Kier alpha value is -2.70. The van der Waals surface area contributed by atoms with Crippen molar-refractivity contribution in [2.75, 3.05) is 13.2 Å². The van der Waals surface area contributed by atoms with Gasteiger partial charge in [-0.1, -0.05) is 12.8 Å². The molecule has 0 saturated heterocycles. The van der Waals surface area contributed by atoms with Crippen LogP contribution in [0.15, 0.2) is 36.7 Å². The van der Waals surface area contributed by atoms with Crippen LogP contribution >= 0.6 is 0 Å². The number of rotatable bonds is 2. The van der Waals surface area contributed by atoms with Gasteiger partial charge in [0.05, 0.1) is 25.2 Å². The molecule has 1 aliphatic carbocycles. The Morgan fingerprint density at radius 2 is 2.19 bits per heavy atom. The first kappa shape index (κ1) is 16.8. The summed E-state index contributed by atoms with van der Waals surface area (Å²) in [7, 11) is 0. The molecule has 1 fully saturated rings. The number of urea groups is 1. The summed E-state index contributed by atoms with van der Waals surface area (Å²) >= 11 is 0. The second-order valence-corrected chi connectivity index (χ2v) is 6.96.